The van der Waals surface area contributed by atoms with E-state index in [9.17, 15) is 19.1 Å². The van der Waals surface area contributed by atoms with Crippen molar-refractivity contribution in [2.24, 2.45) is 14.1 Å². The fourth-order valence-corrected chi connectivity index (χ4v) is 3.30. The van der Waals surface area contributed by atoms with Crippen molar-refractivity contribution >= 4 is 0 Å². The molecule has 6 nitrogen and oxygen atoms in total. The average Bonchev–Trinajstić information content (AvgIpc) is 2.92. The van der Waals surface area contributed by atoms with Gasteiger partial charge in [-0.25, -0.2) is 9.18 Å². The molecule has 2 heterocycles. The van der Waals surface area contributed by atoms with Crippen LogP contribution < -0.4 is 11.2 Å². The first-order valence-corrected chi connectivity index (χ1v) is 7.80. The number of nitrogens with zero attached hydrogens (tertiary/aromatic N) is 3. The Labute approximate surface area is 138 Å². The second-order valence-corrected chi connectivity index (χ2v) is 6.30. The molecular weight excluding hydrogens is 313 g/mol. The van der Waals surface area contributed by atoms with Crippen molar-refractivity contribution in [3.8, 4) is 0 Å². The third kappa shape index (κ3) is 3.05. The summed E-state index contributed by atoms with van der Waals surface area (Å²) in [5.41, 5.74) is 0.674. The Bertz CT molecular complexity index is 857. The highest BCUT2D eigenvalue weighted by molar-refractivity contribution is 5.22. The SMILES string of the molecule is Cn1cc(CN2C[C@@H](O)C[C@H]2c2ccc(F)cc2)c(=O)n(C)c1=O. The van der Waals surface area contributed by atoms with Crippen LogP contribution in [0.4, 0.5) is 4.39 Å². The van der Waals surface area contributed by atoms with Gasteiger partial charge in [0.1, 0.15) is 5.82 Å². The van der Waals surface area contributed by atoms with Crippen molar-refractivity contribution in [2.75, 3.05) is 6.54 Å². The van der Waals surface area contributed by atoms with Crippen LogP contribution in [0, 0.1) is 5.82 Å². The third-order valence-corrected chi connectivity index (χ3v) is 4.53. The lowest BCUT2D eigenvalue weighted by molar-refractivity contribution is 0.172. The van der Waals surface area contributed by atoms with Gasteiger partial charge in [-0.2, -0.15) is 0 Å². The fraction of sp³-hybridized carbons (Fsp3) is 0.412. The van der Waals surface area contributed by atoms with E-state index in [4.69, 9.17) is 0 Å². The number of hydrogen-bond donors (Lipinski definition) is 1. The van der Waals surface area contributed by atoms with Crippen molar-refractivity contribution in [3.05, 3.63) is 68.2 Å². The number of halogens is 1. The number of aromatic nitrogens is 2. The summed E-state index contributed by atoms with van der Waals surface area (Å²) in [6.07, 6.45) is 1.56. The zero-order chi connectivity index (χ0) is 17.4. The van der Waals surface area contributed by atoms with Crippen molar-refractivity contribution < 1.29 is 9.50 Å². The Hall–Kier alpha value is -2.25. The molecular formula is C17H20FN3O3. The molecule has 1 N–H and O–H groups in total. The first-order valence-electron chi connectivity index (χ1n) is 7.80. The molecule has 7 heteroatoms. The minimum atomic E-state index is -0.503. The Morgan fingerprint density at radius 1 is 1.21 bits per heavy atom. The molecule has 0 amide bonds. The number of likely N-dealkylation sites (tertiary alicyclic amines) is 1. The molecule has 1 aromatic heterocycles. The first-order chi connectivity index (χ1) is 11.4. The summed E-state index contributed by atoms with van der Waals surface area (Å²) >= 11 is 0. The van der Waals surface area contributed by atoms with Crippen LogP contribution in [0.5, 0.6) is 0 Å². The van der Waals surface area contributed by atoms with Crippen molar-refractivity contribution in [1.29, 1.82) is 0 Å². The lowest BCUT2D eigenvalue weighted by atomic mass is 10.0. The molecule has 1 saturated heterocycles. The van der Waals surface area contributed by atoms with Crippen LogP contribution in [0.1, 0.15) is 23.6 Å². The Balaban J connectivity index is 1.92. The van der Waals surface area contributed by atoms with Gasteiger partial charge in [-0.15, -0.1) is 0 Å². The van der Waals surface area contributed by atoms with Gasteiger partial charge in [0.25, 0.3) is 5.56 Å². The molecule has 1 aromatic carbocycles. The van der Waals surface area contributed by atoms with Crippen LogP contribution in [0.2, 0.25) is 0 Å². The molecule has 1 aliphatic heterocycles. The summed E-state index contributed by atoms with van der Waals surface area (Å²) in [5.74, 6) is -0.309. The lowest BCUT2D eigenvalue weighted by Gasteiger charge is -2.24. The van der Waals surface area contributed by atoms with Gasteiger partial charge in [0.2, 0.25) is 0 Å². The Morgan fingerprint density at radius 2 is 1.88 bits per heavy atom. The highest BCUT2D eigenvalue weighted by Gasteiger charge is 2.32. The maximum absolute atomic E-state index is 13.1. The predicted octanol–water partition coefficient (Wildman–Crippen LogP) is 0.531. The van der Waals surface area contributed by atoms with Crippen LogP contribution in [0.15, 0.2) is 40.1 Å². The zero-order valence-electron chi connectivity index (χ0n) is 13.6. The molecule has 2 atom stereocenters. The molecule has 128 valence electrons. The largest absolute Gasteiger partial charge is 0.392 e. The summed E-state index contributed by atoms with van der Waals surface area (Å²) in [7, 11) is 3.05. The van der Waals surface area contributed by atoms with Gasteiger partial charge >= 0.3 is 5.69 Å². The summed E-state index contributed by atoms with van der Waals surface area (Å²) in [4.78, 5) is 26.1. The molecule has 0 aliphatic carbocycles. The number of hydrogen-bond acceptors (Lipinski definition) is 4. The molecule has 3 rings (SSSR count). The normalized spacial score (nSPS) is 21.3. The minimum Gasteiger partial charge on any atom is -0.392 e. The van der Waals surface area contributed by atoms with Crippen molar-refractivity contribution in [2.45, 2.75) is 25.1 Å². The summed E-state index contributed by atoms with van der Waals surface area (Å²) in [6.45, 7) is 0.744. The van der Waals surface area contributed by atoms with E-state index in [0.29, 0.717) is 25.1 Å². The Kier molecular flexibility index (Phi) is 4.38. The van der Waals surface area contributed by atoms with E-state index in [-0.39, 0.29) is 23.1 Å². The predicted molar refractivity (Wildman–Crippen MR) is 87.1 cm³/mol. The number of β-amino-alcohol motifs (C(OH)–C–C–N with tert-alkyl or cyclic N) is 1. The summed E-state index contributed by atoms with van der Waals surface area (Å²) < 4.78 is 15.6. The van der Waals surface area contributed by atoms with E-state index in [1.54, 1.807) is 19.2 Å². The van der Waals surface area contributed by atoms with Crippen LogP contribution >= 0.6 is 0 Å². The molecule has 0 saturated carbocycles. The quantitative estimate of drug-likeness (QED) is 0.890. The van der Waals surface area contributed by atoms with Gasteiger partial charge in [0, 0.05) is 45.0 Å². The molecule has 1 fully saturated rings. The maximum Gasteiger partial charge on any atom is 0.330 e. The Morgan fingerprint density at radius 3 is 2.54 bits per heavy atom. The standard InChI is InChI=1S/C17H20FN3O3/c1-19-8-12(16(23)20(2)17(19)24)9-21-10-14(22)7-15(21)11-3-5-13(18)6-4-11/h3-6,8,14-15,22H,7,9-10H2,1-2H3/t14-,15-/m0/s1. The second kappa shape index (κ2) is 6.33. The second-order valence-electron chi connectivity index (χ2n) is 6.30. The highest BCUT2D eigenvalue weighted by Crippen LogP contribution is 2.33. The van der Waals surface area contributed by atoms with E-state index < -0.39 is 6.10 Å². The van der Waals surface area contributed by atoms with Crippen molar-refractivity contribution in [1.82, 2.24) is 14.0 Å². The molecule has 0 radical (unpaired) electrons. The van der Waals surface area contributed by atoms with E-state index >= 15 is 0 Å². The lowest BCUT2D eigenvalue weighted by Crippen LogP contribution is -2.40. The van der Waals surface area contributed by atoms with Gasteiger partial charge < -0.3 is 9.67 Å². The number of aliphatic hydroxyl groups excluding tert-OH is 1. The zero-order valence-corrected chi connectivity index (χ0v) is 13.6. The molecule has 0 spiro atoms. The molecule has 24 heavy (non-hydrogen) atoms. The molecule has 2 aromatic rings. The van der Waals surface area contributed by atoms with Gasteiger partial charge in [-0.1, -0.05) is 12.1 Å². The topological polar surface area (TPSA) is 67.5 Å². The van der Waals surface area contributed by atoms with Crippen LogP contribution in [0.3, 0.4) is 0 Å². The van der Waals surface area contributed by atoms with Gasteiger partial charge in [0.15, 0.2) is 0 Å². The number of aliphatic hydroxyl groups is 1. The minimum absolute atomic E-state index is 0.0949. The van der Waals surface area contributed by atoms with Gasteiger partial charge in [0.05, 0.1) is 6.10 Å². The van der Waals surface area contributed by atoms with Crippen molar-refractivity contribution in [3.63, 3.8) is 0 Å². The average molecular weight is 333 g/mol. The van der Waals surface area contributed by atoms with Gasteiger partial charge in [-0.3, -0.25) is 14.3 Å². The monoisotopic (exact) mass is 333 g/mol. The van der Waals surface area contributed by atoms with E-state index in [2.05, 4.69) is 0 Å². The third-order valence-electron chi connectivity index (χ3n) is 4.53. The molecule has 0 unspecified atom stereocenters. The fourth-order valence-electron chi connectivity index (χ4n) is 3.30. The van der Waals surface area contributed by atoms with Crippen LogP contribution in [-0.4, -0.2) is 31.8 Å². The molecule has 0 bridgehead atoms. The van der Waals surface area contributed by atoms with E-state index in [1.807, 2.05) is 4.90 Å². The summed E-state index contributed by atoms with van der Waals surface area (Å²) in [5, 5.41) is 10.0. The van der Waals surface area contributed by atoms with E-state index in [1.165, 1.54) is 29.9 Å². The number of aryl methyl sites for hydroxylation is 1. The van der Waals surface area contributed by atoms with Crippen LogP contribution in [0.25, 0.3) is 0 Å². The van der Waals surface area contributed by atoms with Crippen LogP contribution in [-0.2, 0) is 20.6 Å². The number of rotatable bonds is 3. The smallest absolute Gasteiger partial charge is 0.330 e. The maximum atomic E-state index is 13.1. The number of benzene rings is 1. The van der Waals surface area contributed by atoms with E-state index in [0.717, 1.165) is 10.1 Å². The first kappa shape index (κ1) is 16.6. The summed E-state index contributed by atoms with van der Waals surface area (Å²) in [6, 6.07) is 6.09. The molecule has 1 aliphatic rings. The highest BCUT2D eigenvalue weighted by atomic mass is 19.1. The van der Waals surface area contributed by atoms with Gasteiger partial charge in [-0.05, 0) is 24.1 Å².